The van der Waals surface area contributed by atoms with E-state index in [0.717, 1.165) is 30.5 Å². The summed E-state index contributed by atoms with van der Waals surface area (Å²) >= 11 is 0. The molecule has 5 heteroatoms. The Kier molecular flexibility index (Phi) is 2.65. The van der Waals surface area contributed by atoms with Gasteiger partial charge in [0.2, 0.25) is 0 Å². The Morgan fingerprint density at radius 2 is 2.17 bits per heavy atom. The number of amides is 1. The van der Waals surface area contributed by atoms with E-state index >= 15 is 0 Å². The van der Waals surface area contributed by atoms with Crippen molar-refractivity contribution in [1.82, 2.24) is 15.0 Å². The molecule has 1 N–H and O–H groups in total. The lowest BCUT2D eigenvalue weighted by molar-refractivity contribution is 0.0724. The zero-order chi connectivity index (χ0) is 15.4. The first kappa shape index (κ1) is 12.9. The number of fused-ring (bicyclic) bond motifs is 3. The number of carbonyl (C=O) groups excluding carboxylic acids is 1. The molecule has 0 atom stereocenters. The van der Waals surface area contributed by atoms with Crippen molar-refractivity contribution >= 4 is 16.8 Å². The molecule has 5 nitrogen and oxygen atoms in total. The average Bonchev–Trinajstić information content (AvgIpc) is 3.20. The van der Waals surface area contributed by atoms with Crippen molar-refractivity contribution < 1.29 is 9.32 Å². The smallest absolute Gasteiger partial charge is 0.276 e. The molecule has 1 aliphatic heterocycles. The minimum atomic E-state index is -0.0309. The lowest BCUT2D eigenvalue weighted by Crippen LogP contribution is -2.35. The molecule has 0 radical (unpaired) electrons. The summed E-state index contributed by atoms with van der Waals surface area (Å²) in [7, 11) is 0. The monoisotopic (exact) mass is 307 g/mol. The summed E-state index contributed by atoms with van der Waals surface area (Å²) in [6.45, 7) is 1.34. The minimum absolute atomic E-state index is 0.0309. The van der Waals surface area contributed by atoms with E-state index < -0.39 is 0 Å². The number of hydrogen-bond donors (Lipinski definition) is 1. The van der Waals surface area contributed by atoms with E-state index in [1.54, 1.807) is 0 Å². The Balaban J connectivity index is 1.44. The maximum Gasteiger partial charge on any atom is 0.276 e. The van der Waals surface area contributed by atoms with Gasteiger partial charge in [-0.15, -0.1) is 0 Å². The zero-order valence-corrected chi connectivity index (χ0v) is 12.7. The quantitative estimate of drug-likeness (QED) is 0.790. The van der Waals surface area contributed by atoms with E-state index in [1.165, 1.54) is 16.6 Å². The van der Waals surface area contributed by atoms with E-state index in [0.29, 0.717) is 24.7 Å². The third-order valence-corrected chi connectivity index (χ3v) is 4.90. The first-order valence-electron chi connectivity index (χ1n) is 8.14. The van der Waals surface area contributed by atoms with Crippen LogP contribution in [-0.4, -0.2) is 27.5 Å². The van der Waals surface area contributed by atoms with Crippen LogP contribution in [-0.2, 0) is 13.0 Å². The Labute approximate surface area is 133 Å². The first-order chi connectivity index (χ1) is 11.3. The lowest BCUT2D eigenvalue weighted by atomic mass is 10.0. The SMILES string of the molecule is O=C(c1cc(C2CC2)on1)N1CCc2[nH]c3ccccc3c2C1. The normalized spacial score (nSPS) is 17.5. The summed E-state index contributed by atoms with van der Waals surface area (Å²) in [5, 5.41) is 5.19. The maximum absolute atomic E-state index is 12.7. The molecule has 1 amide bonds. The summed E-state index contributed by atoms with van der Waals surface area (Å²) in [6.07, 6.45) is 3.14. The molecule has 0 unspecified atom stereocenters. The van der Waals surface area contributed by atoms with Gasteiger partial charge in [0.25, 0.3) is 5.91 Å². The molecule has 2 aromatic heterocycles. The molecule has 0 spiro atoms. The van der Waals surface area contributed by atoms with Crippen LogP contribution in [0.3, 0.4) is 0 Å². The van der Waals surface area contributed by atoms with Gasteiger partial charge in [-0.25, -0.2) is 0 Å². The maximum atomic E-state index is 12.7. The topological polar surface area (TPSA) is 62.1 Å². The molecule has 1 aliphatic carbocycles. The summed E-state index contributed by atoms with van der Waals surface area (Å²) < 4.78 is 5.32. The third-order valence-electron chi connectivity index (χ3n) is 4.90. The molecule has 0 bridgehead atoms. The number of nitrogens with zero attached hydrogens (tertiary/aromatic N) is 2. The predicted octanol–water partition coefficient (Wildman–Crippen LogP) is 3.23. The van der Waals surface area contributed by atoms with Gasteiger partial charge in [-0.2, -0.15) is 0 Å². The van der Waals surface area contributed by atoms with Crippen LogP contribution in [0.5, 0.6) is 0 Å². The third kappa shape index (κ3) is 2.07. The van der Waals surface area contributed by atoms with Gasteiger partial charge in [0.1, 0.15) is 5.76 Å². The second kappa shape index (κ2) is 4.72. The van der Waals surface area contributed by atoms with Gasteiger partial charge in [0.05, 0.1) is 0 Å². The second-order valence-corrected chi connectivity index (χ2v) is 6.49. The number of nitrogens with one attached hydrogen (secondary N) is 1. The van der Waals surface area contributed by atoms with Crippen molar-refractivity contribution in [3.05, 3.63) is 53.0 Å². The zero-order valence-electron chi connectivity index (χ0n) is 12.7. The van der Waals surface area contributed by atoms with Crippen molar-refractivity contribution in [3.63, 3.8) is 0 Å². The highest BCUT2D eigenvalue weighted by atomic mass is 16.5. The fourth-order valence-electron chi connectivity index (χ4n) is 3.45. The van der Waals surface area contributed by atoms with Gasteiger partial charge < -0.3 is 14.4 Å². The molecule has 23 heavy (non-hydrogen) atoms. The molecule has 1 aromatic carbocycles. The van der Waals surface area contributed by atoms with Crippen molar-refractivity contribution in [1.29, 1.82) is 0 Å². The van der Waals surface area contributed by atoms with Gasteiger partial charge in [-0.05, 0) is 18.9 Å². The van der Waals surface area contributed by atoms with Crippen molar-refractivity contribution in [2.75, 3.05) is 6.54 Å². The highest BCUT2D eigenvalue weighted by Crippen LogP contribution is 2.40. The Morgan fingerprint density at radius 3 is 3.04 bits per heavy atom. The molecule has 3 heterocycles. The Morgan fingerprint density at radius 1 is 1.30 bits per heavy atom. The molecule has 0 saturated heterocycles. The molecule has 116 valence electrons. The van der Waals surface area contributed by atoms with E-state index in [2.05, 4.69) is 22.3 Å². The van der Waals surface area contributed by atoms with E-state index in [9.17, 15) is 4.79 Å². The van der Waals surface area contributed by atoms with Gasteiger partial charge in [0.15, 0.2) is 5.69 Å². The Hall–Kier alpha value is -2.56. The molecule has 5 rings (SSSR count). The average molecular weight is 307 g/mol. The largest absolute Gasteiger partial charge is 0.360 e. The summed E-state index contributed by atoms with van der Waals surface area (Å²) in [5.41, 5.74) is 4.06. The van der Waals surface area contributed by atoms with E-state index in [4.69, 9.17) is 4.52 Å². The van der Waals surface area contributed by atoms with Gasteiger partial charge in [-0.3, -0.25) is 4.79 Å². The van der Waals surface area contributed by atoms with Crippen molar-refractivity contribution in [2.45, 2.75) is 31.7 Å². The molecule has 1 saturated carbocycles. The van der Waals surface area contributed by atoms with Crippen LogP contribution in [0.25, 0.3) is 10.9 Å². The lowest BCUT2D eigenvalue weighted by Gasteiger charge is -2.26. The summed E-state index contributed by atoms with van der Waals surface area (Å²) in [6, 6.07) is 10.1. The van der Waals surface area contributed by atoms with Crippen LogP contribution < -0.4 is 0 Å². The van der Waals surface area contributed by atoms with Crippen LogP contribution in [0.4, 0.5) is 0 Å². The van der Waals surface area contributed by atoms with E-state index in [1.807, 2.05) is 23.1 Å². The molecule has 2 aliphatic rings. The fourth-order valence-corrected chi connectivity index (χ4v) is 3.45. The van der Waals surface area contributed by atoms with Gasteiger partial charge in [-0.1, -0.05) is 23.4 Å². The van der Waals surface area contributed by atoms with Crippen LogP contribution >= 0.6 is 0 Å². The fraction of sp³-hybridized carbons (Fsp3) is 0.333. The molecule has 3 aromatic rings. The molecular formula is C18H17N3O2. The van der Waals surface area contributed by atoms with Crippen LogP contribution in [0, 0.1) is 0 Å². The summed E-state index contributed by atoms with van der Waals surface area (Å²) in [5.74, 6) is 1.31. The number of H-pyrrole nitrogens is 1. The summed E-state index contributed by atoms with van der Waals surface area (Å²) in [4.78, 5) is 18.1. The molecule has 1 fully saturated rings. The molecular weight excluding hydrogens is 290 g/mol. The first-order valence-corrected chi connectivity index (χ1v) is 8.14. The Bertz CT molecular complexity index is 904. The predicted molar refractivity (Wildman–Crippen MR) is 85.2 cm³/mol. The van der Waals surface area contributed by atoms with Gasteiger partial charge >= 0.3 is 0 Å². The van der Waals surface area contributed by atoms with Crippen LogP contribution in [0.1, 0.15) is 46.3 Å². The number of aromatic amines is 1. The van der Waals surface area contributed by atoms with Crippen LogP contribution in [0.2, 0.25) is 0 Å². The number of rotatable bonds is 2. The number of hydrogen-bond acceptors (Lipinski definition) is 3. The minimum Gasteiger partial charge on any atom is -0.360 e. The highest BCUT2D eigenvalue weighted by Gasteiger charge is 2.31. The number of para-hydroxylation sites is 1. The standard InChI is InChI=1S/C18H17N3O2/c22-18(16-9-17(23-20-16)11-5-6-11)21-8-7-15-13(10-21)12-3-1-2-4-14(12)19-15/h1-4,9,11,19H,5-8,10H2. The second-order valence-electron chi connectivity index (χ2n) is 6.49. The highest BCUT2D eigenvalue weighted by molar-refractivity contribution is 5.93. The number of benzene rings is 1. The van der Waals surface area contributed by atoms with Crippen molar-refractivity contribution in [3.8, 4) is 0 Å². The number of aromatic nitrogens is 2. The van der Waals surface area contributed by atoms with Crippen molar-refractivity contribution in [2.24, 2.45) is 0 Å². The number of carbonyl (C=O) groups is 1. The van der Waals surface area contributed by atoms with Gasteiger partial charge in [0, 0.05) is 53.7 Å². The van der Waals surface area contributed by atoms with Crippen LogP contribution in [0.15, 0.2) is 34.9 Å². The van der Waals surface area contributed by atoms with E-state index in [-0.39, 0.29) is 5.91 Å².